The van der Waals surface area contributed by atoms with Crippen LogP contribution in [0.25, 0.3) is 5.70 Å². The average Bonchev–Trinajstić information content (AvgIpc) is 3.42. The largest absolute Gasteiger partial charge is 0.371 e. The van der Waals surface area contributed by atoms with Crippen molar-refractivity contribution in [3.05, 3.63) is 52.8 Å². The summed E-state index contributed by atoms with van der Waals surface area (Å²) in [4.78, 5) is 6.97. The molecule has 0 aliphatic carbocycles. The Morgan fingerprint density at radius 1 is 1.00 bits per heavy atom. The number of primary sulfonamides is 1. The van der Waals surface area contributed by atoms with Gasteiger partial charge >= 0.3 is 0 Å². The molecule has 0 bridgehead atoms. The second-order valence-corrected chi connectivity index (χ2v) is 13.6. The third-order valence-corrected chi connectivity index (χ3v) is 9.33. The van der Waals surface area contributed by atoms with Gasteiger partial charge in [0, 0.05) is 73.1 Å². The Morgan fingerprint density at radius 2 is 1.55 bits per heavy atom. The highest BCUT2D eigenvalue weighted by Crippen LogP contribution is 2.34. The first kappa shape index (κ1) is 31.9. The number of rotatable bonds is 9. The summed E-state index contributed by atoms with van der Waals surface area (Å²) < 4.78 is 51.7. The molecule has 1 atom stereocenters. The maximum Gasteiger partial charge on any atom is 0.238 e. The third kappa shape index (κ3) is 7.86. The van der Waals surface area contributed by atoms with Crippen LogP contribution in [0.2, 0.25) is 0 Å². The molecule has 2 N–H and O–H groups in total. The summed E-state index contributed by atoms with van der Waals surface area (Å²) in [5.41, 5.74) is 3.04. The molecule has 2 aliphatic rings. The van der Waals surface area contributed by atoms with Gasteiger partial charge in [0.25, 0.3) is 0 Å². The number of hydrogen-bond donors (Lipinski definition) is 1. The zero-order valence-electron chi connectivity index (χ0n) is 23.6. The zero-order chi connectivity index (χ0) is 28.7. The Hall–Kier alpha value is -2.30. The number of benzene rings is 1. The second kappa shape index (κ2) is 13.7. The van der Waals surface area contributed by atoms with Crippen LogP contribution in [0.1, 0.15) is 58.9 Å². The van der Waals surface area contributed by atoms with Gasteiger partial charge in [0.15, 0.2) is 0 Å². The molecular formula is C28H45FN4O3S2. The van der Waals surface area contributed by atoms with Gasteiger partial charge in [0.05, 0.1) is 4.90 Å². The van der Waals surface area contributed by atoms with E-state index in [1.807, 2.05) is 38.7 Å². The van der Waals surface area contributed by atoms with Crippen molar-refractivity contribution in [3.8, 4) is 0 Å². The number of halogens is 1. The van der Waals surface area contributed by atoms with Crippen molar-refractivity contribution < 1.29 is 17.0 Å². The topological polar surface area (TPSA) is 86.9 Å². The Balaban J connectivity index is 0.00000247. The molecule has 10 heteroatoms. The van der Waals surface area contributed by atoms with E-state index in [1.165, 1.54) is 12.3 Å². The smallest absolute Gasteiger partial charge is 0.238 e. The fourth-order valence-electron chi connectivity index (χ4n) is 4.87. The maximum absolute atomic E-state index is 15.2. The average molecular weight is 569 g/mol. The molecule has 2 aliphatic heterocycles. The summed E-state index contributed by atoms with van der Waals surface area (Å²) in [6.45, 7) is 16.3. The first-order valence-electron chi connectivity index (χ1n) is 13.4. The van der Waals surface area contributed by atoms with Crippen molar-refractivity contribution >= 4 is 36.8 Å². The third-order valence-electron chi connectivity index (χ3n) is 6.90. The molecule has 7 nitrogen and oxygen atoms in total. The van der Waals surface area contributed by atoms with E-state index in [-0.39, 0.29) is 10.7 Å². The van der Waals surface area contributed by atoms with Crippen molar-refractivity contribution in [1.29, 1.82) is 0 Å². The molecule has 0 radical (unpaired) electrons. The highest BCUT2D eigenvalue weighted by atomic mass is 32.2. The molecule has 2 heterocycles. The van der Waals surface area contributed by atoms with Crippen LogP contribution in [-0.4, -0.2) is 73.8 Å². The van der Waals surface area contributed by atoms with E-state index in [0.29, 0.717) is 49.6 Å². The minimum atomic E-state index is -3.85. The molecule has 0 spiro atoms. The van der Waals surface area contributed by atoms with E-state index in [0.717, 1.165) is 42.9 Å². The summed E-state index contributed by atoms with van der Waals surface area (Å²) in [6, 6.07) is 4.99. The molecule has 2 fully saturated rings. The van der Waals surface area contributed by atoms with E-state index in [9.17, 15) is 12.6 Å². The van der Waals surface area contributed by atoms with Gasteiger partial charge in [-0.1, -0.05) is 34.3 Å². The van der Waals surface area contributed by atoms with Crippen molar-refractivity contribution in [3.63, 3.8) is 0 Å². The molecule has 1 aromatic carbocycles. The lowest BCUT2D eigenvalue weighted by Crippen LogP contribution is -2.45. The van der Waals surface area contributed by atoms with Gasteiger partial charge in [-0.05, 0) is 65.4 Å². The lowest BCUT2D eigenvalue weighted by atomic mass is 10.1. The van der Waals surface area contributed by atoms with Crippen LogP contribution in [0, 0.1) is 0 Å². The number of nitrogens with zero attached hydrogens (tertiary/aromatic N) is 3. The number of anilines is 1. The number of hydrogen-bond acceptors (Lipinski definition) is 6. The van der Waals surface area contributed by atoms with E-state index in [4.69, 9.17) is 5.14 Å². The van der Waals surface area contributed by atoms with Crippen LogP contribution >= 0.6 is 0 Å². The first-order chi connectivity index (χ1) is 17.9. The van der Waals surface area contributed by atoms with Crippen molar-refractivity contribution in [1.82, 2.24) is 9.80 Å². The highest BCUT2D eigenvalue weighted by molar-refractivity contribution is 8.03. The lowest BCUT2D eigenvalue weighted by molar-refractivity contribution is 0.205. The fraction of sp³-hybridized carbons (Fsp3) is 0.536. The van der Waals surface area contributed by atoms with Crippen LogP contribution < -0.4 is 10.0 Å². The Kier molecular flexibility index (Phi) is 11.5. The van der Waals surface area contributed by atoms with Crippen LogP contribution in [0.15, 0.2) is 52.2 Å². The highest BCUT2D eigenvalue weighted by Gasteiger charge is 2.26. The van der Waals surface area contributed by atoms with Crippen molar-refractivity contribution in [2.24, 2.45) is 5.14 Å². The maximum atomic E-state index is 15.2. The lowest BCUT2D eigenvalue weighted by Gasteiger charge is -2.40. The summed E-state index contributed by atoms with van der Waals surface area (Å²) in [7, 11) is -6.32. The zero-order valence-corrected chi connectivity index (χ0v) is 25.3. The summed E-state index contributed by atoms with van der Waals surface area (Å²) >= 11 is 0. The molecule has 0 amide bonds. The van der Waals surface area contributed by atoms with Gasteiger partial charge in [-0.3, -0.25) is 4.21 Å². The Bertz CT molecular complexity index is 1260. The van der Waals surface area contributed by atoms with E-state index >= 15 is 4.39 Å². The van der Waals surface area contributed by atoms with E-state index < -0.39 is 19.5 Å². The molecule has 0 saturated carbocycles. The minimum Gasteiger partial charge on any atom is -0.371 e. The Labute approximate surface area is 229 Å². The second-order valence-electron chi connectivity index (χ2n) is 9.46. The quantitative estimate of drug-likeness (QED) is 0.341. The molecule has 214 valence electrons. The monoisotopic (exact) mass is 568 g/mol. The molecule has 1 unspecified atom stereocenters. The summed E-state index contributed by atoms with van der Waals surface area (Å²) in [5.74, 6) is 3.33. The molecule has 0 aromatic heterocycles. The van der Waals surface area contributed by atoms with Gasteiger partial charge < -0.3 is 14.7 Å². The van der Waals surface area contributed by atoms with E-state index in [2.05, 4.69) is 22.2 Å². The minimum absolute atomic E-state index is 0.0648. The SMILES string of the molecule is C=C(c1cc(S(N)(=O)=O)ccc1N1CCCC1)N1CCN(/C(CC)=C(F)/C=C(\CC)S(=C)(C)=O)CC1.CC. The predicted octanol–water partition coefficient (Wildman–Crippen LogP) is 4.78. The van der Waals surface area contributed by atoms with Crippen molar-refractivity contribution in [2.45, 2.75) is 58.3 Å². The first-order valence-corrected chi connectivity index (χ1v) is 17.1. The number of allylic oxidation sites excluding steroid dienone is 4. The molecule has 3 rings (SSSR count). The standard InChI is InChI=1S/C26H39FN4O3S2.C2H6/c1-6-21(35(4,5)32)19-24(27)25(7-2)31-16-14-29(15-17-31)20(3)23-18-22(36(28,33)34)10-11-26(23)30-12-8-9-13-30;1-2/h10-11,18-19H,3-4,6-9,12-17H2,1-2,5H3,(H2,28,33,34);1-2H3/b21-19+,25-24-;. The van der Waals surface area contributed by atoms with Gasteiger partial charge in [-0.2, -0.15) is 0 Å². The molecular weight excluding hydrogens is 523 g/mol. The van der Waals surface area contributed by atoms with Gasteiger partial charge in [-0.15, -0.1) is 0 Å². The van der Waals surface area contributed by atoms with Crippen LogP contribution in [0.3, 0.4) is 0 Å². The predicted molar refractivity (Wildman–Crippen MR) is 161 cm³/mol. The number of piperazine rings is 1. The van der Waals surface area contributed by atoms with Crippen LogP contribution in [0.4, 0.5) is 10.1 Å². The van der Waals surface area contributed by atoms with Gasteiger partial charge in [0.1, 0.15) is 5.83 Å². The fourth-order valence-corrected chi connectivity index (χ4v) is 6.38. The summed E-state index contributed by atoms with van der Waals surface area (Å²) in [6.07, 6.45) is 6.10. The Morgan fingerprint density at radius 3 is 2.03 bits per heavy atom. The van der Waals surface area contributed by atoms with Crippen LogP contribution in [-0.2, 0) is 19.5 Å². The van der Waals surface area contributed by atoms with Crippen LogP contribution in [0.5, 0.6) is 0 Å². The molecule has 1 aromatic rings. The number of sulfonamides is 1. The van der Waals surface area contributed by atoms with E-state index in [1.54, 1.807) is 12.1 Å². The molecule has 2 saturated heterocycles. The van der Waals surface area contributed by atoms with Gasteiger partial charge in [-0.25, -0.2) is 17.9 Å². The molecule has 38 heavy (non-hydrogen) atoms. The van der Waals surface area contributed by atoms with Gasteiger partial charge in [0.2, 0.25) is 10.0 Å². The van der Waals surface area contributed by atoms with Crippen molar-refractivity contribution in [2.75, 3.05) is 50.4 Å². The normalized spacial score (nSPS) is 18.9. The number of nitrogens with two attached hydrogens (primary N) is 1. The summed E-state index contributed by atoms with van der Waals surface area (Å²) in [5, 5.41) is 5.42.